The number of nitrogens with one attached hydrogen (secondary N) is 2. The molecule has 0 aliphatic rings. The number of rotatable bonds is 9. The van der Waals surface area contributed by atoms with Gasteiger partial charge in [0.15, 0.2) is 0 Å². The fourth-order valence-electron chi connectivity index (χ4n) is 2.58. The Morgan fingerprint density at radius 3 is 2.29 bits per heavy atom. The van der Waals surface area contributed by atoms with Crippen LogP contribution in [0.15, 0.2) is 52.0 Å². The van der Waals surface area contributed by atoms with Crippen LogP contribution < -0.4 is 10.6 Å². The summed E-state index contributed by atoms with van der Waals surface area (Å²) in [5.74, 6) is -0.213. The zero-order valence-corrected chi connectivity index (χ0v) is 17.0. The molecule has 2 N–H and O–H groups in total. The van der Waals surface area contributed by atoms with Crippen molar-refractivity contribution in [3.05, 3.63) is 54.0 Å². The SMILES string of the molecule is CCN(CC)S(=O)(=O)c1ccc(C(=O)NC(C)C(=O)NCc2ccco2)cc1. The summed E-state index contributed by atoms with van der Waals surface area (Å²) in [6.45, 7) is 6.05. The van der Waals surface area contributed by atoms with Gasteiger partial charge < -0.3 is 15.1 Å². The molecule has 0 saturated carbocycles. The first-order chi connectivity index (χ1) is 13.3. The van der Waals surface area contributed by atoms with E-state index in [0.717, 1.165) is 0 Å². The number of benzene rings is 1. The molecule has 2 amide bonds. The molecule has 1 aromatic carbocycles. The summed E-state index contributed by atoms with van der Waals surface area (Å²) in [4.78, 5) is 24.5. The highest BCUT2D eigenvalue weighted by molar-refractivity contribution is 7.89. The lowest BCUT2D eigenvalue weighted by atomic mass is 10.2. The van der Waals surface area contributed by atoms with E-state index in [1.54, 1.807) is 32.9 Å². The third kappa shape index (κ3) is 5.20. The highest BCUT2D eigenvalue weighted by Crippen LogP contribution is 2.16. The van der Waals surface area contributed by atoms with E-state index in [1.807, 2.05) is 0 Å². The Hall–Kier alpha value is -2.65. The zero-order chi connectivity index (χ0) is 20.7. The third-order valence-corrected chi connectivity index (χ3v) is 6.28. The van der Waals surface area contributed by atoms with Crippen molar-refractivity contribution in [2.24, 2.45) is 0 Å². The average Bonchev–Trinajstić information content (AvgIpc) is 3.20. The highest BCUT2D eigenvalue weighted by atomic mass is 32.2. The van der Waals surface area contributed by atoms with Crippen LogP contribution in [0, 0.1) is 0 Å². The van der Waals surface area contributed by atoms with Gasteiger partial charge in [0, 0.05) is 18.7 Å². The Kier molecular flexibility index (Phi) is 7.36. The molecule has 0 spiro atoms. The van der Waals surface area contributed by atoms with Gasteiger partial charge in [0.25, 0.3) is 5.91 Å². The molecule has 0 fully saturated rings. The van der Waals surface area contributed by atoms with Crippen molar-refractivity contribution in [3.63, 3.8) is 0 Å². The van der Waals surface area contributed by atoms with Gasteiger partial charge in [0.2, 0.25) is 15.9 Å². The molecule has 1 atom stereocenters. The molecule has 2 aromatic rings. The lowest BCUT2D eigenvalue weighted by Crippen LogP contribution is -2.44. The Bertz CT molecular complexity index is 888. The molecule has 28 heavy (non-hydrogen) atoms. The van der Waals surface area contributed by atoms with Crippen LogP contribution in [0.3, 0.4) is 0 Å². The van der Waals surface area contributed by atoms with Gasteiger partial charge in [-0.25, -0.2) is 8.42 Å². The van der Waals surface area contributed by atoms with Crippen molar-refractivity contribution >= 4 is 21.8 Å². The van der Waals surface area contributed by atoms with Crippen LogP contribution in [-0.4, -0.2) is 43.7 Å². The van der Waals surface area contributed by atoms with E-state index in [1.165, 1.54) is 34.8 Å². The molecule has 1 heterocycles. The Morgan fingerprint density at radius 2 is 1.75 bits per heavy atom. The normalized spacial score (nSPS) is 12.6. The van der Waals surface area contributed by atoms with Gasteiger partial charge in [-0.1, -0.05) is 13.8 Å². The topological polar surface area (TPSA) is 109 Å². The minimum absolute atomic E-state index is 0.122. The maximum atomic E-state index is 12.5. The maximum absolute atomic E-state index is 12.5. The van der Waals surface area contributed by atoms with Crippen molar-refractivity contribution in [2.45, 2.75) is 38.3 Å². The van der Waals surface area contributed by atoms with Gasteiger partial charge in [-0.3, -0.25) is 9.59 Å². The molecule has 0 saturated heterocycles. The summed E-state index contributed by atoms with van der Waals surface area (Å²) in [6, 6.07) is 8.34. The standard InChI is InChI=1S/C19H25N3O5S/c1-4-22(5-2)28(25,26)17-10-8-15(9-11-17)19(24)21-14(3)18(23)20-13-16-7-6-12-27-16/h6-12,14H,4-5,13H2,1-3H3,(H,20,23)(H,21,24). The summed E-state index contributed by atoms with van der Waals surface area (Å²) in [5.41, 5.74) is 0.268. The molecule has 0 bridgehead atoms. The second-order valence-corrected chi connectivity index (χ2v) is 8.04. The van der Waals surface area contributed by atoms with Gasteiger partial charge in [-0.2, -0.15) is 4.31 Å². The van der Waals surface area contributed by atoms with E-state index in [2.05, 4.69) is 10.6 Å². The maximum Gasteiger partial charge on any atom is 0.251 e. The summed E-state index contributed by atoms with van der Waals surface area (Å²) in [7, 11) is -3.58. The first kappa shape index (κ1) is 21.6. The van der Waals surface area contributed by atoms with E-state index in [-0.39, 0.29) is 22.9 Å². The number of furan rings is 1. The molecular weight excluding hydrogens is 382 g/mol. The summed E-state index contributed by atoms with van der Waals surface area (Å²) >= 11 is 0. The summed E-state index contributed by atoms with van der Waals surface area (Å²) in [6.07, 6.45) is 1.51. The average molecular weight is 407 g/mol. The fraction of sp³-hybridized carbons (Fsp3) is 0.368. The Balaban J connectivity index is 1.97. The molecule has 8 nitrogen and oxygen atoms in total. The van der Waals surface area contributed by atoms with E-state index < -0.39 is 22.0 Å². The van der Waals surface area contributed by atoms with E-state index in [0.29, 0.717) is 18.8 Å². The van der Waals surface area contributed by atoms with Crippen molar-refractivity contribution in [1.82, 2.24) is 14.9 Å². The van der Waals surface area contributed by atoms with Crippen molar-refractivity contribution in [3.8, 4) is 0 Å². The number of sulfonamides is 1. The van der Waals surface area contributed by atoms with Crippen LogP contribution >= 0.6 is 0 Å². The number of hydrogen-bond donors (Lipinski definition) is 2. The van der Waals surface area contributed by atoms with Gasteiger partial charge >= 0.3 is 0 Å². The largest absolute Gasteiger partial charge is 0.467 e. The van der Waals surface area contributed by atoms with Gasteiger partial charge in [-0.15, -0.1) is 0 Å². The number of carbonyl (C=O) groups is 2. The van der Waals surface area contributed by atoms with Gasteiger partial charge in [0.05, 0.1) is 17.7 Å². The van der Waals surface area contributed by atoms with E-state index in [4.69, 9.17) is 4.42 Å². The fourth-order valence-corrected chi connectivity index (χ4v) is 4.03. The number of nitrogens with zero attached hydrogens (tertiary/aromatic N) is 1. The number of amides is 2. The lowest BCUT2D eigenvalue weighted by molar-refractivity contribution is -0.122. The minimum Gasteiger partial charge on any atom is -0.467 e. The van der Waals surface area contributed by atoms with Crippen LogP contribution in [0.5, 0.6) is 0 Å². The van der Waals surface area contributed by atoms with Gasteiger partial charge in [-0.05, 0) is 43.3 Å². The molecule has 1 aromatic heterocycles. The highest BCUT2D eigenvalue weighted by Gasteiger charge is 2.22. The van der Waals surface area contributed by atoms with Crippen LogP contribution in [0.1, 0.15) is 36.9 Å². The smallest absolute Gasteiger partial charge is 0.251 e. The minimum atomic E-state index is -3.58. The number of carbonyl (C=O) groups excluding carboxylic acids is 2. The van der Waals surface area contributed by atoms with Crippen LogP contribution in [-0.2, 0) is 21.4 Å². The molecule has 2 rings (SSSR count). The van der Waals surface area contributed by atoms with E-state index in [9.17, 15) is 18.0 Å². The molecule has 0 aliphatic heterocycles. The quantitative estimate of drug-likeness (QED) is 0.658. The first-order valence-electron chi connectivity index (χ1n) is 9.00. The number of hydrogen-bond acceptors (Lipinski definition) is 5. The predicted molar refractivity (Wildman–Crippen MR) is 104 cm³/mol. The second kappa shape index (κ2) is 9.52. The molecule has 152 valence electrons. The van der Waals surface area contributed by atoms with Crippen LogP contribution in [0.4, 0.5) is 0 Å². The van der Waals surface area contributed by atoms with Crippen molar-refractivity contribution < 1.29 is 22.4 Å². The van der Waals surface area contributed by atoms with Crippen LogP contribution in [0.25, 0.3) is 0 Å². The molecule has 0 aliphatic carbocycles. The Labute approximate surface area is 165 Å². The monoisotopic (exact) mass is 407 g/mol. The van der Waals surface area contributed by atoms with Gasteiger partial charge in [0.1, 0.15) is 11.8 Å². The summed E-state index contributed by atoms with van der Waals surface area (Å²) < 4.78 is 31.4. The van der Waals surface area contributed by atoms with E-state index >= 15 is 0 Å². The Morgan fingerprint density at radius 1 is 1.11 bits per heavy atom. The lowest BCUT2D eigenvalue weighted by Gasteiger charge is -2.18. The molecule has 0 radical (unpaired) electrons. The predicted octanol–water partition coefficient (Wildman–Crippen LogP) is 1.74. The molecular formula is C19H25N3O5S. The first-order valence-corrected chi connectivity index (χ1v) is 10.4. The van der Waals surface area contributed by atoms with Crippen molar-refractivity contribution in [1.29, 1.82) is 0 Å². The molecule has 1 unspecified atom stereocenters. The van der Waals surface area contributed by atoms with Crippen molar-refractivity contribution in [2.75, 3.05) is 13.1 Å². The van der Waals surface area contributed by atoms with Crippen LogP contribution in [0.2, 0.25) is 0 Å². The molecule has 9 heteroatoms. The zero-order valence-electron chi connectivity index (χ0n) is 16.1. The summed E-state index contributed by atoms with van der Waals surface area (Å²) in [5, 5.41) is 5.25. The second-order valence-electron chi connectivity index (χ2n) is 6.11. The third-order valence-electron chi connectivity index (χ3n) is 4.22.